The van der Waals surface area contributed by atoms with Crippen molar-refractivity contribution in [1.29, 1.82) is 0 Å². The maximum absolute atomic E-state index is 14.3. The van der Waals surface area contributed by atoms with Crippen molar-refractivity contribution in [3.05, 3.63) is 128 Å². The number of fused-ring (bicyclic) bond motifs is 3. The molecule has 1 saturated heterocycles. The van der Waals surface area contributed by atoms with Crippen LogP contribution in [-0.2, 0) is 30.4 Å². The zero-order valence-corrected chi connectivity index (χ0v) is 41.3. The number of amides is 3. The van der Waals surface area contributed by atoms with E-state index >= 15 is 0 Å². The molecule has 1 fully saturated rings. The molecule has 0 spiro atoms. The molecule has 0 saturated carbocycles. The summed E-state index contributed by atoms with van der Waals surface area (Å²) in [4.78, 5) is 79.3. The molecule has 3 N–H and O–H groups in total. The molecule has 16 nitrogen and oxygen atoms in total. The van der Waals surface area contributed by atoms with Crippen LogP contribution in [0, 0.1) is 26.2 Å². The van der Waals surface area contributed by atoms with E-state index in [9.17, 15) is 29.1 Å². The molecule has 3 amide bonds. The maximum Gasteiger partial charge on any atom is 0.358 e. The fraction of sp³-hybridized carbons (Fsp3) is 0.353. The molecule has 4 atom stereocenters. The second kappa shape index (κ2) is 20.0. The minimum absolute atomic E-state index is 0.00329. The van der Waals surface area contributed by atoms with Crippen LogP contribution in [0.4, 0.5) is 0 Å². The number of rotatable bonds is 13. The Balaban J connectivity index is 0.941. The zero-order chi connectivity index (χ0) is 49.3. The molecule has 5 heterocycles. The van der Waals surface area contributed by atoms with E-state index < -0.39 is 59.3 Å². The molecule has 6 aromatic rings. The number of hydrogen-bond acceptors (Lipinski definition) is 14. The summed E-state index contributed by atoms with van der Waals surface area (Å²) in [7, 11) is 1.36. The lowest BCUT2D eigenvalue weighted by atomic mass is 9.85. The summed E-state index contributed by atoms with van der Waals surface area (Å²) in [5.74, 6) is -0.974. The molecule has 0 unspecified atom stereocenters. The lowest BCUT2D eigenvalue weighted by molar-refractivity contribution is -0.142. The van der Waals surface area contributed by atoms with Crippen LogP contribution in [-0.4, -0.2) is 104 Å². The van der Waals surface area contributed by atoms with Crippen LogP contribution in [0.25, 0.3) is 26.6 Å². The van der Waals surface area contributed by atoms with Crippen LogP contribution in [0.3, 0.4) is 0 Å². The van der Waals surface area contributed by atoms with Gasteiger partial charge in [0.25, 0.3) is 5.91 Å². The Bertz CT molecular complexity index is 2950. The number of ether oxygens (including phenoxy) is 2. The molecule has 69 heavy (non-hydrogen) atoms. The smallest absolute Gasteiger partial charge is 0.358 e. The fourth-order valence-electron chi connectivity index (χ4n) is 8.61. The lowest BCUT2D eigenvalue weighted by Crippen LogP contribution is -2.57. The second-order valence-corrected chi connectivity index (χ2v) is 20.2. The fourth-order valence-corrected chi connectivity index (χ4v) is 10.6. The Kier molecular flexibility index (Phi) is 14.1. The van der Waals surface area contributed by atoms with Crippen molar-refractivity contribution in [2.24, 2.45) is 10.4 Å². The quantitative estimate of drug-likeness (QED) is 0.0996. The van der Waals surface area contributed by atoms with Gasteiger partial charge in [-0.1, -0.05) is 81.4 Å². The molecule has 3 aromatic carbocycles. The van der Waals surface area contributed by atoms with Gasteiger partial charge in [-0.15, -0.1) is 32.9 Å². The number of aliphatic imine (C=N–C) groups is 1. The highest BCUT2D eigenvalue weighted by molar-refractivity contribution is 7.15. The van der Waals surface area contributed by atoms with E-state index in [1.807, 2.05) is 92.9 Å². The molecular weight excluding hydrogens is 917 g/mol. The standard InChI is InChI=1S/C51H54N8O8S2/c1-9-67-50(65)42-43(68-26-53-42)34-12-10-30(11-13-34)24-52-47(63)38-22-36(60)25-58(38)48(64)44(51(5,6)7)55-46(62)35-20-16-32(17-21-35)31-14-18-33(19-15-31)41-40-27(2)28(3)69-49(40)59-29(4)56-57-45(59)37(54-41)23-39(61)66-8/h10-21,26,36-38,44,60H,9,22-25H2,1-8H3,(H,52,63)(H,55,62)/t36-,37+,38+,44-/m1/s1. The van der Waals surface area contributed by atoms with Crippen LogP contribution in [0.1, 0.15) is 106 Å². The van der Waals surface area contributed by atoms with E-state index in [2.05, 4.69) is 39.7 Å². The largest absolute Gasteiger partial charge is 0.469 e. The lowest BCUT2D eigenvalue weighted by Gasteiger charge is -2.35. The average Bonchev–Trinajstić information content (AvgIpc) is 4.13. The topological polar surface area (TPSA) is 207 Å². The molecule has 0 radical (unpaired) electrons. The highest BCUT2D eigenvalue weighted by atomic mass is 32.1. The molecular formula is C51H54N8O8S2. The Morgan fingerprint density at radius 2 is 1.55 bits per heavy atom. The number of thiophene rings is 1. The second-order valence-electron chi connectivity index (χ2n) is 18.2. The van der Waals surface area contributed by atoms with Crippen molar-refractivity contribution >= 4 is 58.0 Å². The molecule has 8 rings (SSSR count). The van der Waals surface area contributed by atoms with Gasteiger partial charge in [-0.05, 0) is 73.1 Å². The SMILES string of the molecule is CCOC(=O)c1ncsc1-c1ccc(CNC(=O)[C@@H]2C[C@@H](O)CN2C(=O)[C@@H](NC(=O)c2ccc(-c3ccc(C4=N[C@@H](CC(=O)OC)c5nnc(C)n5-c5sc(C)c(C)c54)cc3)cc2)C(C)(C)C)cc1. The van der Waals surface area contributed by atoms with E-state index in [1.54, 1.807) is 35.9 Å². The van der Waals surface area contributed by atoms with Crippen LogP contribution in [0.2, 0.25) is 0 Å². The zero-order valence-electron chi connectivity index (χ0n) is 39.7. The van der Waals surface area contributed by atoms with Crippen molar-refractivity contribution in [3.63, 3.8) is 0 Å². The van der Waals surface area contributed by atoms with Crippen LogP contribution in [0.15, 0.2) is 83.3 Å². The summed E-state index contributed by atoms with van der Waals surface area (Å²) >= 11 is 2.96. The minimum Gasteiger partial charge on any atom is -0.469 e. The number of carbonyl (C=O) groups is 5. The van der Waals surface area contributed by atoms with Crippen LogP contribution < -0.4 is 10.6 Å². The minimum atomic E-state index is -1.02. The van der Waals surface area contributed by atoms with E-state index in [-0.39, 0.29) is 38.2 Å². The van der Waals surface area contributed by atoms with Gasteiger partial charge in [0.1, 0.15) is 29.0 Å². The van der Waals surface area contributed by atoms with Crippen molar-refractivity contribution < 1.29 is 38.6 Å². The van der Waals surface area contributed by atoms with Crippen LogP contribution in [0.5, 0.6) is 0 Å². The average molecular weight is 971 g/mol. The van der Waals surface area contributed by atoms with Crippen molar-refractivity contribution in [2.75, 3.05) is 20.3 Å². The first-order valence-corrected chi connectivity index (χ1v) is 24.3. The summed E-state index contributed by atoms with van der Waals surface area (Å²) in [5, 5.41) is 26.3. The number of hydrogen-bond donors (Lipinski definition) is 3. The van der Waals surface area contributed by atoms with Gasteiger partial charge in [-0.3, -0.25) is 28.7 Å². The molecule has 2 aliphatic rings. The van der Waals surface area contributed by atoms with Gasteiger partial charge in [0.15, 0.2) is 11.5 Å². The van der Waals surface area contributed by atoms with E-state index in [0.717, 1.165) is 54.5 Å². The Morgan fingerprint density at radius 1 is 0.899 bits per heavy atom. The summed E-state index contributed by atoms with van der Waals surface area (Å²) in [6.07, 6.45) is -0.872. The highest BCUT2D eigenvalue weighted by Crippen LogP contribution is 2.40. The molecule has 0 aliphatic carbocycles. The first-order valence-electron chi connectivity index (χ1n) is 22.6. The first kappa shape index (κ1) is 48.6. The third-order valence-electron chi connectivity index (χ3n) is 12.4. The number of nitrogens with zero attached hydrogens (tertiary/aromatic N) is 6. The third-order valence-corrected chi connectivity index (χ3v) is 14.5. The molecule has 2 aliphatic heterocycles. The normalized spacial score (nSPS) is 17.0. The third kappa shape index (κ3) is 10.0. The van der Waals surface area contributed by atoms with Gasteiger partial charge in [-0.25, -0.2) is 9.78 Å². The van der Waals surface area contributed by atoms with E-state index in [0.29, 0.717) is 22.1 Å². The predicted octanol–water partition coefficient (Wildman–Crippen LogP) is 7.10. The number of likely N-dealkylation sites (tertiary alicyclic amines) is 1. The number of β-amino-alcohol motifs (C(OH)–C–C–N with tert-alkyl or cyclic N) is 1. The molecule has 3 aromatic heterocycles. The summed E-state index contributed by atoms with van der Waals surface area (Å²) in [5.41, 5.74) is 8.39. The molecule has 18 heteroatoms. The van der Waals surface area contributed by atoms with Crippen LogP contribution >= 0.6 is 22.7 Å². The van der Waals surface area contributed by atoms with Gasteiger partial charge >= 0.3 is 11.9 Å². The highest BCUT2D eigenvalue weighted by Gasteiger charge is 2.44. The number of thiazole rings is 1. The van der Waals surface area contributed by atoms with Gasteiger partial charge in [0.2, 0.25) is 11.8 Å². The number of benzene rings is 3. The number of methoxy groups -OCH3 is 1. The monoisotopic (exact) mass is 970 g/mol. The Labute approximate surface area is 407 Å². The van der Waals surface area contributed by atoms with E-state index in [1.165, 1.54) is 23.3 Å². The number of aliphatic hydroxyl groups is 1. The van der Waals surface area contributed by atoms with Gasteiger partial charge in [-0.2, -0.15) is 0 Å². The summed E-state index contributed by atoms with van der Waals surface area (Å²) in [6, 6.07) is 19.8. The number of aliphatic hydroxyl groups excluding tert-OH is 1. The molecule has 0 bridgehead atoms. The van der Waals surface area contributed by atoms with E-state index in [4.69, 9.17) is 14.5 Å². The number of aryl methyl sites for hydroxylation is 2. The Hall–Kier alpha value is -6.89. The predicted molar refractivity (Wildman–Crippen MR) is 263 cm³/mol. The van der Waals surface area contributed by atoms with Gasteiger partial charge < -0.3 is 30.1 Å². The summed E-state index contributed by atoms with van der Waals surface area (Å²) < 4.78 is 12.2. The van der Waals surface area contributed by atoms with Crippen molar-refractivity contribution in [1.82, 2.24) is 35.3 Å². The molecule has 358 valence electrons. The first-order chi connectivity index (χ1) is 33.0. The number of carbonyl (C=O) groups excluding carboxylic acids is 5. The Morgan fingerprint density at radius 3 is 2.20 bits per heavy atom. The number of aromatic nitrogens is 4. The van der Waals surface area contributed by atoms with Gasteiger partial charge in [0, 0.05) is 41.1 Å². The van der Waals surface area contributed by atoms with Crippen molar-refractivity contribution in [3.8, 4) is 26.6 Å². The summed E-state index contributed by atoms with van der Waals surface area (Å²) in [6.45, 7) is 13.6. The van der Waals surface area contributed by atoms with Gasteiger partial charge in [0.05, 0.1) is 42.3 Å². The maximum atomic E-state index is 14.3. The van der Waals surface area contributed by atoms with Crippen molar-refractivity contribution in [2.45, 2.75) is 92.1 Å². The number of nitrogens with one attached hydrogen (secondary N) is 2. The number of esters is 2.